The van der Waals surface area contributed by atoms with E-state index in [1.165, 1.54) is 22.6 Å². The molecule has 0 radical (unpaired) electrons. The minimum absolute atomic E-state index is 0. The summed E-state index contributed by atoms with van der Waals surface area (Å²) in [5.41, 5.74) is 7.08. The third-order valence-corrected chi connectivity index (χ3v) is 5.56. The van der Waals surface area contributed by atoms with Crippen LogP contribution in [0, 0.1) is 6.92 Å². The zero-order valence-corrected chi connectivity index (χ0v) is 16.7. The molecule has 2 aromatic heterocycles. The van der Waals surface area contributed by atoms with E-state index in [-0.39, 0.29) is 24.0 Å². The van der Waals surface area contributed by atoms with Crippen LogP contribution in [0.1, 0.15) is 22.7 Å². The van der Waals surface area contributed by atoms with Crippen LogP contribution in [0.2, 0.25) is 0 Å². The predicted molar refractivity (Wildman–Crippen MR) is 107 cm³/mol. The van der Waals surface area contributed by atoms with Crippen LogP contribution in [0.15, 0.2) is 22.5 Å². The number of halogens is 1. The Morgan fingerprint density at radius 1 is 1.45 bits per heavy atom. The molecule has 4 nitrogen and oxygen atoms in total. The highest BCUT2D eigenvalue weighted by atomic mass is 127. The van der Waals surface area contributed by atoms with Crippen LogP contribution in [0.3, 0.4) is 0 Å². The summed E-state index contributed by atoms with van der Waals surface area (Å²) < 4.78 is 0. The lowest BCUT2D eigenvalue weighted by atomic mass is 10.3. The molecule has 120 valence electrons. The smallest absolute Gasteiger partial charge is 0.191 e. The topological polar surface area (TPSA) is 54.5 Å². The van der Waals surface area contributed by atoms with E-state index in [0.29, 0.717) is 12.0 Å². The second-order valence-electron chi connectivity index (χ2n) is 5.35. The maximum absolute atomic E-state index is 5.99. The lowest BCUT2D eigenvalue weighted by molar-refractivity contribution is 0.487. The van der Waals surface area contributed by atoms with Crippen molar-refractivity contribution in [2.45, 2.75) is 32.2 Å². The highest BCUT2D eigenvalue weighted by molar-refractivity contribution is 14.0. The number of thiophene rings is 1. The van der Waals surface area contributed by atoms with E-state index < -0.39 is 0 Å². The summed E-state index contributed by atoms with van der Waals surface area (Å²) in [5.74, 6) is 0.671. The van der Waals surface area contributed by atoms with Gasteiger partial charge in [0.2, 0.25) is 0 Å². The first-order valence-corrected chi connectivity index (χ1v) is 8.87. The molecule has 1 aliphatic carbocycles. The molecule has 0 aliphatic heterocycles. The molecule has 3 rings (SSSR count). The zero-order chi connectivity index (χ0) is 14.8. The summed E-state index contributed by atoms with van der Waals surface area (Å²) >= 11 is 3.49. The Hall–Kier alpha value is -0.670. The van der Waals surface area contributed by atoms with Crippen molar-refractivity contribution >= 4 is 52.6 Å². The van der Waals surface area contributed by atoms with Crippen molar-refractivity contribution in [1.29, 1.82) is 0 Å². The Kier molecular flexibility index (Phi) is 6.22. The van der Waals surface area contributed by atoms with Gasteiger partial charge in [-0.3, -0.25) is 4.99 Å². The number of guanidine groups is 1. The Balaban J connectivity index is 0.00000176. The van der Waals surface area contributed by atoms with Crippen molar-refractivity contribution in [3.05, 3.63) is 27.4 Å². The number of aromatic nitrogens is 1. The van der Waals surface area contributed by atoms with E-state index in [9.17, 15) is 0 Å². The van der Waals surface area contributed by atoms with Gasteiger partial charge in [-0.1, -0.05) is 0 Å². The van der Waals surface area contributed by atoms with Gasteiger partial charge in [0.1, 0.15) is 0 Å². The van der Waals surface area contributed by atoms with Crippen LogP contribution < -0.4 is 5.73 Å². The van der Waals surface area contributed by atoms with Gasteiger partial charge in [-0.2, -0.15) is 0 Å². The molecule has 7 heteroatoms. The molecule has 1 fully saturated rings. The molecule has 0 unspecified atom stereocenters. The van der Waals surface area contributed by atoms with E-state index in [2.05, 4.69) is 32.4 Å². The number of rotatable bonds is 5. The molecule has 0 spiro atoms. The quantitative estimate of drug-likeness (QED) is 0.431. The summed E-state index contributed by atoms with van der Waals surface area (Å²) in [7, 11) is 2.03. The van der Waals surface area contributed by atoms with Gasteiger partial charge in [-0.25, -0.2) is 4.98 Å². The summed E-state index contributed by atoms with van der Waals surface area (Å²) in [6, 6.07) is 4.94. The standard InChI is InChI=1S/C15H20N4S2.HI/c1-10-18-13(9-20-10)14-6-5-12(21-14)7-8-17-15(16)19(2)11-3-4-11;/h5-6,9,11H,3-4,7-8H2,1-2H3,(H2,16,17);1H. The number of hydrogen-bond acceptors (Lipinski definition) is 4. The van der Waals surface area contributed by atoms with E-state index in [4.69, 9.17) is 5.73 Å². The third-order valence-electron chi connectivity index (χ3n) is 3.62. The summed E-state index contributed by atoms with van der Waals surface area (Å²) in [4.78, 5) is 13.7. The van der Waals surface area contributed by atoms with Gasteiger partial charge in [0.05, 0.1) is 15.6 Å². The molecular formula is C15H21IN4S2. The first-order chi connectivity index (χ1) is 10.1. The second kappa shape index (κ2) is 7.74. The number of aryl methyl sites for hydroxylation is 1. The van der Waals surface area contributed by atoms with E-state index in [0.717, 1.165) is 23.7 Å². The van der Waals surface area contributed by atoms with Gasteiger partial charge in [0, 0.05) is 36.3 Å². The van der Waals surface area contributed by atoms with Crippen LogP contribution in [0.5, 0.6) is 0 Å². The van der Waals surface area contributed by atoms with Crippen LogP contribution in [-0.4, -0.2) is 35.5 Å². The largest absolute Gasteiger partial charge is 0.370 e. The Bertz CT molecular complexity index is 646. The predicted octanol–water partition coefficient (Wildman–Crippen LogP) is 3.75. The second-order valence-corrected chi connectivity index (χ2v) is 7.58. The van der Waals surface area contributed by atoms with Gasteiger partial charge in [0.25, 0.3) is 0 Å². The molecular weight excluding hydrogens is 427 g/mol. The fraction of sp³-hybridized carbons (Fsp3) is 0.467. The average Bonchev–Trinajstić information content (AvgIpc) is 3.06. The molecule has 2 N–H and O–H groups in total. The third kappa shape index (κ3) is 4.42. The van der Waals surface area contributed by atoms with Crippen LogP contribution in [0.4, 0.5) is 0 Å². The zero-order valence-electron chi connectivity index (χ0n) is 12.8. The van der Waals surface area contributed by atoms with Crippen LogP contribution in [-0.2, 0) is 6.42 Å². The Labute approximate surface area is 156 Å². The number of thiazole rings is 1. The fourth-order valence-electron chi connectivity index (χ4n) is 2.17. The number of nitrogens with zero attached hydrogens (tertiary/aromatic N) is 3. The molecule has 0 aromatic carbocycles. The highest BCUT2D eigenvalue weighted by Crippen LogP contribution is 2.29. The average molecular weight is 448 g/mol. The van der Waals surface area contributed by atoms with Crippen molar-refractivity contribution in [3.63, 3.8) is 0 Å². The Morgan fingerprint density at radius 2 is 2.23 bits per heavy atom. The minimum atomic E-state index is 0. The van der Waals surface area contributed by atoms with Crippen molar-refractivity contribution in [2.24, 2.45) is 10.7 Å². The number of aliphatic imine (C=N–C) groups is 1. The summed E-state index contributed by atoms with van der Waals surface area (Å²) in [6.45, 7) is 2.79. The van der Waals surface area contributed by atoms with Crippen LogP contribution in [0.25, 0.3) is 10.6 Å². The van der Waals surface area contributed by atoms with Crippen LogP contribution >= 0.6 is 46.7 Å². The maximum atomic E-state index is 5.99. The van der Waals surface area contributed by atoms with Crippen molar-refractivity contribution in [1.82, 2.24) is 9.88 Å². The summed E-state index contributed by atoms with van der Waals surface area (Å²) in [5, 5.41) is 3.23. The molecule has 0 amide bonds. The first-order valence-electron chi connectivity index (χ1n) is 7.17. The van der Waals surface area contributed by atoms with E-state index >= 15 is 0 Å². The number of hydrogen-bond donors (Lipinski definition) is 1. The minimum Gasteiger partial charge on any atom is -0.370 e. The summed E-state index contributed by atoms with van der Waals surface area (Å²) in [6.07, 6.45) is 3.43. The number of nitrogens with two attached hydrogens (primary N) is 1. The van der Waals surface area contributed by atoms with E-state index in [1.54, 1.807) is 22.7 Å². The monoisotopic (exact) mass is 448 g/mol. The molecule has 0 saturated heterocycles. The van der Waals surface area contributed by atoms with Crippen molar-refractivity contribution in [3.8, 4) is 10.6 Å². The van der Waals surface area contributed by atoms with Gasteiger partial charge in [-0.05, 0) is 31.9 Å². The van der Waals surface area contributed by atoms with Gasteiger partial charge in [0.15, 0.2) is 5.96 Å². The van der Waals surface area contributed by atoms with Gasteiger partial charge >= 0.3 is 0 Å². The Morgan fingerprint density at radius 3 is 2.86 bits per heavy atom. The lowest BCUT2D eigenvalue weighted by Crippen LogP contribution is -2.35. The molecule has 22 heavy (non-hydrogen) atoms. The first kappa shape index (κ1) is 17.7. The molecule has 0 atom stereocenters. The fourth-order valence-corrected chi connectivity index (χ4v) is 3.81. The van der Waals surface area contributed by atoms with Gasteiger partial charge in [-0.15, -0.1) is 46.7 Å². The van der Waals surface area contributed by atoms with Gasteiger partial charge < -0.3 is 10.6 Å². The molecule has 2 aromatic rings. The maximum Gasteiger partial charge on any atom is 0.191 e. The molecule has 1 saturated carbocycles. The molecule has 0 bridgehead atoms. The molecule has 1 aliphatic rings. The highest BCUT2D eigenvalue weighted by Gasteiger charge is 2.27. The SMILES string of the molecule is Cc1nc(-c2ccc(CCN=C(N)N(C)C3CC3)s2)cs1.I. The lowest BCUT2D eigenvalue weighted by Gasteiger charge is -2.16. The van der Waals surface area contributed by atoms with E-state index in [1.807, 2.05) is 14.0 Å². The molecule has 2 heterocycles. The normalized spacial score (nSPS) is 14.7. The van der Waals surface area contributed by atoms with Crippen molar-refractivity contribution < 1.29 is 0 Å². The van der Waals surface area contributed by atoms with Crippen molar-refractivity contribution in [2.75, 3.05) is 13.6 Å².